The Morgan fingerprint density at radius 2 is 1.72 bits per heavy atom. The second-order valence-electron chi connectivity index (χ2n) is 4.19. The van der Waals surface area contributed by atoms with Crippen molar-refractivity contribution >= 4 is 24.2 Å². The lowest BCUT2D eigenvalue weighted by Crippen LogP contribution is -2.31. The van der Waals surface area contributed by atoms with Crippen molar-refractivity contribution in [2.45, 2.75) is 38.5 Å². The van der Waals surface area contributed by atoms with Gasteiger partial charge in [-0.3, -0.25) is 9.59 Å². The van der Waals surface area contributed by atoms with Crippen LogP contribution in [0.2, 0.25) is 0 Å². The summed E-state index contributed by atoms with van der Waals surface area (Å²) in [5, 5.41) is 2.54. The molecule has 108 valence electrons. The molecule has 2 amide bonds. The summed E-state index contributed by atoms with van der Waals surface area (Å²) in [5.74, 6) is 0.0780. The fraction of sp³-hybridized carbons (Fsp3) is 0.833. The van der Waals surface area contributed by atoms with Gasteiger partial charge in [0.15, 0.2) is 0 Å². The Morgan fingerprint density at radius 3 is 2.28 bits per heavy atom. The molecule has 0 aliphatic heterocycles. The Labute approximate surface area is 116 Å². The van der Waals surface area contributed by atoms with Gasteiger partial charge in [0.05, 0.1) is 0 Å². The molecule has 0 atom stereocenters. The van der Waals surface area contributed by atoms with Crippen molar-refractivity contribution in [1.29, 1.82) is 0 Å². The van der Waals surface area contributed by atoms with Crippen molar-refractivity contribution in [1.82, 2.24) is 10.2 Å². The quantitative estimate of drug-likeness (QED) is 0.616. The molecule has 0 aliphatic carbocycles. The minimum atomic E-state index is -0.0346. The minimum absolute atomic E-state index is 0. The summed E-state index contributed by atoms with van der Waals surface area (Å²) in [6.07, 6.45) is 5.00. The molecule has 0 spiro atoms. The van der Waals surface area contributed by atoms with Crippen molar-refractivity contribution in [2.75, 3.05) is 27.2 Å². The number of carbonyl (C=O) groups excluding carboxylic acids is 2. The molecule has 0 aromatic carbocycles. The largest absolute Gasteiger partial charge is 0.359 e. The van der Waals surface area contributed by atoms with Crippen LogP contribution in [-0.4, -0.2) is 43.9 Å². The predicted molar refractivity (Wildman–Crippen MR) is 75.7 cm³/mol. The van der Waals surface area contributed by atoms with Gasteiger partial charge in [-0.1, -0.05) is 12.8 Å². The molecule has 0 radical (unpaired) electrons. The highest BCUT2D eigenvalue weighted by atomic mass is 35.5. The highest BCUT2D eigenvalue weighted by Crippen LogP contribution is 2.04. The van der Waals surface area contributed by atoms with Gasteiger partial charge in [0, 0.05) is 33.5 Å². The van der Waals surface area contributed by atoms with E-state index in [0.29, 0.717) is 19.4 Å². The SMILES string of the molecule is CNC(=O)CCN(C)C(=O)CCCCCCN.Cl. The van der Waals surface area contributed by atoms with Crippen molar-refractivity contribution < 1.29 is 9.59 Å². The third kappa shape index (κ3) is 10.4. The van der Waals surface area contributed by atoms with E-state index in [1.54, 1.807) is 19.0 Å². The van der Waals surface area contributed by atoms with E-state index in [4.69, 9.17) is 5.73 Å². The molecule has 0 heterocycles. The van der Waals surface area contributed by atoms with E-state index in [1.807, 2.05) is 0 Å². The topological polar surface area (TPSA) is 75.4 Å². The Bertz CT molecular complexity index is 237. The van der Waals surface area contributed by atoms with Gasteiger partial charge in [0.25, 0.3) is 0 Å². The number of nitrogens with two attached hydrogens (primary N) is 1. The van der Waals surface area contributed by atoms with E-state index in [1.165, 1.54) is 0 Å². The number of carbonyl (C=O) groups is 2. The van der Waals surface area contributed by atoms with E-state index in [2.05, 4.69) is 5.32 Å². The van der Waals surface area contributed by atoms with E-state index >= 15 is 0 Å². The van der Waals surface area contributed by atoms with Crippen LogP contribution < -0.4 is 11.1 Å². The molecule has 0 rings (SSSR count). The first-order valence-electron chi connectivity index (χ1n) is 6.26. The maximum Gasteiger partial charge on any atom is 0.222 e. The van der Waals surface area contributed by atoms with Gasteiger partial charge in [-0.05, 0) is 19.4 Å². The van der Waals surface area contributed by atoms with Crippen molar-refractivity contribution in [2.24, 2.45) is 5.73 Å². The van der Waals surface area contributed by atoms with E-state index in [9.17, 15) is 9.59 Å². The summed E-state index contributed by atoms with van der Waals surface area (Å²) in [7, 11) is 3.34. The predicted octanol–water partition coefficient (Wildman–Crippen LogP) is 0.912. The normalized spacial score (nSPS) is 9.50. The Morgan fingerprint density at radius 1 is 1.11 bits per heavy atom. The van der Waals surface area contributed by atoms with Crippen molar-refractivity contribution in [3.05, 3.63) is 0 Å². The Hall–Kier alpha value is -0.810. The van der Waals surface area contributed by atoms with E-state index < -0.39 is 0 Å². The number of hydrogen-bond donors (Lipinski definition) is 2. The molecule has 0 saturated carbocycles. The summed E-state index contributed by atoms with van der Waals surface area (Å²) in [5.41, 5.74) is 5.39. The highest BCUT2D eigenvalue weighted by Gasteiger charge is 2.09. The van der Waals surface area contributed by atoms with Gasteiger partial charge in [0.1, 0.15) is 0 Å². The van der Waals surface area contributed by atoms with Crippen molar-refractivity contribution in [3.63, 3.8) is 0 Å². The molecule has 0 unspecified atom stereocenters. The van der Waals surface area contributed by atoms with Gasteiger partial charge in [-0.25, -0.2) is 0 Å². The number of nitrogens with one attached hydrogen (secondary N) is 1. The zero-order chi connectivity index (χ0) is 13.1. The molecule has 5 nitrogen and oxygen atoms in total. The number of unbranched alkanes of at least 4 members (excludes halogenated alkanes) is 3. The van der Waals surface area contributed by atoms with Crippen LogP contribution in [0.4, 0.5) is 0 Å². The summed E-state index contributed by atoms with van der Waals surface area (Å²) < 4.78 is 0. The molecule has 0 bridgehead atoms. The first-order valence-corrected chi connectivity index (χ1v) is 6.26. The standard InChI is InChI=1S/C12H25N3O2.ClH/c1-14-11(16)8-10-15(2)12(17)7-5-3-4-6-9-13;/h3-10,13H2,1-2H3,(H,14,16);1H. The van der Waals surface area contributed by atoms with Crippen LogP contribution in [0.25, 0.3) is 0 Å². The lowest BCUT2D eigenvalue weighted by molar-refractivity contribution is -0.130. The number of nitrogens with zero attached hydrogens (tertiary/aromatic N) is 1. The summed E-state index contributed by atoms with van der Waals surface area (Å²) in [4.78, 5) is 24.3. The first kappa shape index (κ1) is 19.5. The maximum atomic E-state index is 11.6. The number of halogens is 1. The van der Waals surface area contributed by atoms with Gasteiger partial charge < -0.3 is 16.0 Å². The lowest BCUT2D eigenvalue weighted by atomic mass is 10.1. The van der Waals surface area contributed by atoms with E-state index in [0.717, 1.165) is 32.2 Å². The van der Waals surface area contributed by atoms with E-state index in [-0.39, 0.29) is 24.2 Å². The third-order valence-electron chi connectivity index (χ3n) is 2.72. The number of rotatable bonds is 9. The Kier molecular flexibility index (Phi) is 13.7. The molecule has 0 fully saturated rings. The molecule has 18 heavy (non-hydrogen) atoms. The van der Waals surface area contributed by atoms with Crippen LogP contribution >= 0.6 is 12.4 Å². The zero-order valence-electron chi connectivity index (χ0n) is 11.4. The van der Waals surface area contributed by atoms with Crippen LogP contribution in [0.3, 0.4) is 0 Å². The van der Waals surface area contributed by atoms with Crippen LogP contribution in [0, 0.1) is 0 Å². The van der Waals surface area contributed by atoms with Gasteiger partial charge >= 0.3 is 0 Å². The third-order valence-corrected chi connectivity index (χ3v) is 2.72. The Balaban J connectivity index is 0. The second-order valence-corrected chi connectivity index (χ2v) is 4.19. The number of amides is 2. The lowest BCUT2D eigenvalue weighted by Gasteiger charge is -2.16. The van der Waals surface area contributed by atoms with Crippen LogP contribution in [0.15, 0.2) is 0 Å². The average molecular weight is 280 g/mol. The summed E-state index contributed by atoms with van der Waals surface area (Å²) in [6.45, 7) is 1.21. The molecule has 0 aliphatic rings. The molecule has 3 N–H and O–H groups in total. The van der Waals surface area contributed by atoms with Crippen LogP contribution in [0.5, 0.6) is 0 Å². The molecular formula is C12H26ClN3O2. The fourth-order valence-electron chi connectivity index (χ4n) is 1.48. The van der Waals surface area contributed by atoms with Crippen molar-refractivity contribution in [3.8, 4) is 0 Å². The molecule has 0 aromatic rings. The molecule has 0 saturated heterocycles. The van der Waals surface area contributed by atoms with Gasteiger partial charge in [0.2, 0.25) is 11.8 Å². The smallest absolute Gasteiger partial charge is 0.222 e. The summed E-state index contributed by atoms with van der Waals surface area (Å²) >= 11 is 0. The zero-order valence-corrected chi connectivity index (χ0v) is 12.2. The number of hydrogen-bond acceptors (Lipinski definition) is 3. The van der Waals surface area contributed by atoms with Gasteiger partial charge in [-0.2, -0.15) is 0 Å². The monoisotopic (exact) mass is 279 g/mol. The first-order chi connectivity index (χ1) is 8.11. The highest BCUT2D eigenvalue weighted by molar-refractivity contribution is 5.85. The second kappa shape index (κ2) is 12.6. The van der Waals surface area contributed by atoms with Gasteiger partial charge in [-0.15, -0.1) is 12.4 Å². The van der Waals surface area contributed by atoms with Crippen LogP contribution in [0.1, 0.15) is 38.5 Å². The minimum Gasteiger partial charge on any atom is -0.359 e. The molecule has 0 aromatic heterocycles. The van der Waals surface area contributed by atoms with Crippen LogP contribution in [-0.2, 0) is 9.59 Å². The molecule has 6 heteroatoms. The summed E-state index contributed by atoms with van der Waals surface area (Å²) in [6, 6.07) is 0. The molecular weight excluding hydrogens is 254 g/mol. The maximum absolute atomic E-state index is 11.6. The average Bonchev–Trinajstić information content (AvgIpc) is 2.34. The fourth-order valence-corrected chi connectivity index (χ4v) is 1.48.